The second-order valence-electron chi connectivity index (χ2n) is 6.88. The van der Waals surface area contributed by atoms with E-state index in [1.807, 2.05) is 0 Å². The Morgan fingerprint density at radius 1 is 0.667 bits per heavy atom. The Labute approximate surface area is 128 Å². The van der Waals surface area contributed by atoms with Gasteiger partial charge in [0.25, 0.3) is 0 Å². The van der Waals surface area contributed by atoms with E-state index in [1.165, 1.54) is 56.1 Å². The van der Waals surface area contributed by atoms with Crippen molar-refractivity contribution in [2.45, 2.75) is 44.9 Å². The summed E-state index contributed by atoms with van der Waals surface area (Å²) in [6, 6.07) is 17.9. The van der Waals surface area contributed by atoms with Crippen molar-refractivity contribution in [3.8, 4) is 11.1 Å². The summed E-state index contributed by atoms with van der Waals surface area (Å²) in [7, 11) is 0. The van der Waals surface area contributed by atoms with Gasteiger partial charge >= 0.3 is 0 Å². The molecule has 1 atom stereocenters. The van der Waals surface area contributed by atoms with Gasteiger partial charge in [-0.05, 0) is 46.9 Å². The van der Waals surface area contributed by atoms with Gasteiger partial charge in [0, 0.05) is 0 Å². The van der Waals surface area contributed by atoms with Crippen LogP contribution in [-0.2, 0) is 12.8 Å². The maximum absolute atomic E-state index is 2.37. The van der Waals surface area contributed by atoms with Crippen LogP contribution in [0.1, 0.15) is 43.2 Å². The molecule has 21 heavy (non-hydrogen) atoms. The fourth-order valence-corrected chi connectivity index (χ4v) is 4.51. The van der Waals surface area contributed by atoms with Crippen LogP contribution in [0.3, 0.4) is 0 Å². The molecule has 0 aliphatic heterocycles. The lowest BCUT2D eigenvalue weighted by atomic mass is 9.78. The first-order valence-electron chi connectivity index (χ1n) is 8.58. The largest absolute Gasteiger partial charge is 0.0622 e. The lowest BCUT2D eigenvalue weighted by molar-refractivity contribution is 0.255. The van der Waals surface area contributed by atoms with Gasteiger partial charge < -0.3 is 0 Å². The van der Waals surface area contributed by atoms with Crippen LogP contribution in [0.4, 0.5) is 0 Å². The van der Waals surface area contributed by atoms with Gasteiger partial charge in [0.05, 0.1) is 0 Å². The SMILES string of the molecule is c1ccc(-c2cccc3c2CC(C2CCCCC2)C3)cc1. The molecule has 2 aromatic rings. The van der Waals surface area contributed by atoms with Crippen molar-refractivity contribution in [3.05, 3.63) is 59.7 Å². The first-order chi connectivity index (χ1) is 10.4. The maximum Gasteiger partial charge on any atom is -0.0149 e. The van der Waals surface area contributed by atoms with E-state index in [2.05, 4.69) is 48.5 Å². The van der Waals surface area contributed by atoms with Crippen molar-refractivity contribution in [1.29, 1.82) is 0 Å². The Kier molecular flexibility index (Phi) is 3.55. The van der Waals surface area contributed by atoms with Crippen LogP contribution in [0.2, 0.25) is 0 Å². The first-order valence-corrected chi connectivity index (χ1v) is 8.58. The van der Waals surface area contributed by atoms with Crippen molar-refractivity contribution in [2.24, 2.45) is 11.8 Å². The second kappa shape index (κ2) is 5.67. The van der Waals surface area contributed by atoms with Gasteiger partial charge in [-0.15, -0.1) is 0 Å². The molecule has 0 amide bonds. The van der Waals surface area contributed by atoms with Gasteiger partial charge in [-0.25, -0.2) is 0 Å². The van der Waals surface area contributed by atoms with E-state index in [4.69, 9.17) is 0 Å². The van der Waals surface area contributed by atoms with Crippen LogP contribution in [0.5, 0.6) is 0 Å². The number of rotatable bonds is 2. The number of hydrogen-bond donors (Lipinski definition) is 0. The second-order valence-corrected chi connectivity index (χ2v) is 6.88. The molecule has 108 valence electrons. The number of hydrogen-bond acceptors (Lipinski definition) is 0. The fourth-order valence-electron chi connectivity index (χ4n) is 4.51. The smallest absolute Gasteiger partial charge is 0.0149 e. The lowest BCUT2D eigenvalue weighted by Crippen LogP contribution is -2.18. The molecule has 0 heteroatoms. The molecule has 0 nitrogen and oxygen atoms in total. The van der Waals surface area contributed by atoms with Gasteiger partial charge in [-0.2, -0.15) is 0 Å². The maximum atomic E-state index is 2.37. The molecule has 0 aromatic heterocycles. The van der Waals surface area contributed by atoms with E-state index in [1.54, 1.807) is 11.1 Å². The van der Waals surface area contributed by atoms with Gasteiger partial charge in [0.2, 0.25) is 0 Å². The van der Waals surface area contributed by atoms with Crippen LogP contribution >= 0.6 is 0 Å². The average Bonchev–Trinajstić information content (AvgIpc) is 3.00. The van der Waals surface area contributed by atoms with E-state index in [-0.39, 0.29) is 0 Å². The highest BCUT2D eigenvalue weighted by molar-refractivity contribution is 5.69. The van der Waals surface area contributed by atoms with E-state index in [9.17, 15) is 0 Å². The van der Waals surface area contributed by atoms with E-state index < -0.39 is 0 Å². The minimum atomic E-state index is 0.908. The molecule has 1 saturated carbocycles. The molecule has 2 aromatic carbocycles. The van der Waals surface area contributed by atoms with Gasteiger partial charge in [0.1, 0.15) is 0 Å². The predicted octanol–water partition coefficient (Wildman–Crippen LogP) is 5.65. The Hall–Kier alpha value is -1.56. The molecule has 1 unspecified atom stereocenters. The van der Waals surface area contributed by atoms with E-state index in [0.29, 0.717) is 0 Å². The summed E-state index contributed by atoms with van der Waals surface area (Å²) < 4.78 is 0. The molecule has 4 rings (SSSR count). The van der Waals surface area contributed by atoms with Crippen molar-refractivity contribution >= 4 is 0 Å². The highest BCUT2D eigenvalue weighted by atomic mass is 14.4. The van der Waals surface area contributed by atoms with Gasteiger partial charge in [0.15, 0.2) is 0 Å². The van der Waals surface area contributed by atoms with Crippen LogP contribution < -0.4 is 0 Å². The van der Waals surface area contributed by atoms with E-state index >= 15 is 0 Å². The highest BCUT2D eigenvalue weighted by Crippen LogP contribution is 2.41. The molecule has 1 fully saturated rings. The summed E-state index contributed by atoms with van der Waals surface area (Å²) in [5, 5.41) is 0. The minimum Gasteiger partial charge on any atom is -0.0622 e. The summed E-state index contributed by atoms with van der Waals surface area (Å²) in [5.74, 6) is 1.89. The molecule has 0 spiro atoms. The Morgan fingerprint density at radius 3 is 2.29 bits per heavy atom. The van der Waals surface area contributed by atoms with Gasteiger partial charge in [-0.1, -0.05) is 80.6 Å². The topological polar surface area (TPSA) is 0 Å². The molecule has 0 bridgehead atoms. The molecular weight excluding hydrogens is 252 g/mol. The Morgan fingerprint density at radius 2 is 1.48 bits per heavy atom. The standard InChI is InChI=1S/C21H24/c1-3-8-16(9-4-1)19-14-18-12-7-13-20(21(18)15-19)17-10-5-2-6-11-17/h2,5-7,10-13,16,19H,1,3-4,8-9,14-15H2. The average molecular weight is 276 g/mol. The Bertz CT molecular complexity index is 605. The van der Waals surface area contributed by atoms with Crippen LogP contribution in [0, 0.1) is 11.8 Å². The summed E-state index contributed by atoms with van der Waals surface area (Å²) in [6.45, 7) is 0. The normalized spacial score (nSPS) is 22.2. The number of benzene rings is 2. The van der Waals surface area contributed by atoms with Crippen LogP contribution in [0.15, 0.2) is 48.5 Å². The monoisotopic (exact) mass is 276 g/mol. The van der Waals surface area contributed by atoms with Crippen molar-refractivity contribution < 1.29 is 0 Å². The zero-order valence-corrected chi connectivity index (χ0v) is 12.7. The summed E-state index contributed by atoms with van der Waals surface area (Å²) in [4.78, 5) is 0. The molecule has 0 N–H and O–H groups in total. The predicted molar refractivity (Wildman–Crippen MR) is 89.4 cm³/mol. The third-order valence-electron chi connectivity index (χ3n) is 5.62. The summed E-state index contributed by atoms with van der Waals surface area (Å²) in [6.07, 6.45) is 9.96. The zero-order valence-electron chi connectivity index (χ0n) is 12.7. The lowest BCUT2D eigenvalue weighted by Gasteiger charge is -2.27. The Balaban J connectivity index is 1.63. The van der Waals surface area contributed by atoms with Crippen LogP contribution in [-0.4, -0.2) is 0 Å². The van der Waals surface area contributed by atoms with E-state index in [0.717, 1.165) is 11.8 Å². The minimum absolute atomic E-state index is 0.908. The quantitative estimate of drug-likeness (QED) is 0.665. The third-order valence-corrected chi connectivity index (χ3v) is 5.62. The first kappa shape index (κ1) is 13.1. The highest BCUT2D eigenvalue weighted by Gasteiger charge is 2.30. The number of fused-ring (bicyclic) bond motifs is 1. The summed E-state index contributed by atoms with van der Waals surface area (Å²) >= 11 is 0. The summed E-state index contributed by atoms with van der Waals surface area (Å²) in [5.41, 5.74) is 6.12. The van der Waals surface area contributed by atoms with Gasteiger partial charge in [-0.3, -0.25) is 0 Å². The molecule has 0 radical (unpaired) electrons. The van der Waals surface area contributed by atoms with Crippen molar-refractivity contribution in [3.63, 3.8) is 0 Å². The third kappa shape index (κ3) is 2.52. The van der Waals surface area contributed by atoms with Crippen LogP contribution in [0.25, 0.3) is 11.1 Å². The molecule has 2 aliphatic carbocycles. The van der Waals surface area contributed by atoms with Crippen molar-refractivity contribution in [2.75, 3.05) is 0 Å². The fraction of sp³-hybridized carbons (Fsp3) is 0.429. The zero-order chi connectivity index (χ0) is 14.1. The molecule has 0 saturated heterocycles. The van der Waals surface area contributed by atoms with Crippen molar-refractivity contribution in [1.82, 2.24) is 0 Å². The molecule has 2 aliphatic rings. The molecular formula is C21H24. The molecule has 0 heterocycles.